The third-order valence-electron chi connectivity index (χ3n) is 25.3. The third kappa shape index (κ3) is 21.7. The number of hydrogen-bond donors (Lipinski definition) is 3. The standard InChI is InChI=1S/C35H36ClN5O4S2.C35H34ClN5O3S2.C34H32ClN5O3S2.3CH4/c1-21-33(34-27-17-31(35(44)45-4)41(12-7-13-42)30(27)11-10-28(34)36)29(38-39(21)2)20-46-18-23-15-24(40(3)37-23)19-47-25-14-22-8-5-6-9-26(22)32(43)16-25;1-21-33-29(38-39(21)2)20-45-18-23-15-24(40(3)37-23)19-46-25-14-22-8-5-6-9-26(22)32(16-25)44-13-7-12-41-30-11-10-28(36)34(33)27(30)17-31(41)35(42)43-4;1-20-32-28(37-38(20)2)19-44-17-22-14-23(39(3)36-22)18-45-24-13-21-7-4-5-8-25(21)31(15-24)43-12-6-11-40-29-10-9-27(35)33(32)26(29)16-30(40)34(41)42;;;/h5-6,8-11,14-17,42-43H,7,12-13,18-20H2,1-4H3;5-6,8-11,14-17H,7,12-13,18-20H2,1-4H3;4-5,7-10,13-16H,6,11-12,17-19H2,1-3H3,(H,41,42);3*1H4. The highest BCUT2D eigenvalue weighted by Crippen LogP contribution is 2.48. The van der Waals surface area contributed by atoms with Crippen molar-refractivity contribution in [3.05, 3.63) is 282 Å². The molecule has 2 aliphatic rings. The number of thioether (sulfide) groups is 6. The number of aryl methyl sites for hydroxylation is 9. The van der Waals surface area contributed by atoms with E-state index in [1.807, 2.05) is 195 Å². The highest BCUT2D eigenvalue weighted by Gasteiger charge is 2.31. The Labute approximate surface area is 860 Å². The average molecular weight is 2070 g/mol. The van der Waals surface area contributed by atoms with Crippen molar-refractivity contribution in [2.24, 2.45) is 42.3 Å². The second-order valence-electron chi connectivity index (χ2n) is 34.0. The van der Waals surface area contributed by atoms with E-state index in [1.54, 1.807) is 76.6 Å². The number of carbonyl (C=O) groups excluding carboxylic acids is 2. The minimum absolute atomic E-state index is 0. The van der Waals surface area contributed by atoms with E-state index in [1.165, 1.54) is 19.9 Å². The van der Waals surface area contributed by atoms with Gasteiger partial charge >= 0.3 is 17.9 Å². The second kappa shape index (κ2) is 45.3. The minimum Gasteiger partial charge on any atom is -0.507 e. The Hall–Kier alpha value is -11.6. The van der Waals surface area contributed by atoms with Gasteiger partial charge in [0, 0.05) is 266 Å². The van der Waals surface area contributed by atoms with Crippen molar-refractivity contribution in [1.82, 2.24) is 72.4 Å². The number of phenolic OH excluding ortho intramolecular Hbond substituents is 1. The average Bonchev–Trinajstić information content (AvgIpc) is 1.60. The molecule has 20 rings (SSSR count). The van der Waals surface area contributed by atoms with Gasteiger partial charge in [-0.3, -0.25) is 28.1 Å². The van der Waals surface area contributed by atoms with Crippen molar-refractivity contribution in [1.29, 1.82) is 0 Å². The van der Waals surface area contributed by atoms with Gasteiger partial charge in [-0.1, -0.05) is 130 Å². The van der Waals surface area contributed by atoms with Gasteiger partial charge in [0.25, 0.3) is 0 Å². The number of phenols is 1. The van der Waals surface area contributed by atoms with Crippen LogP contribution in [0.15, 0.2) is 197 Å². The number of aromatic nitrogens is 15. The molecule has 2 aliphatic heterocycles. The van der Waals surface area contributed by atoms with Crippen LogP contribution in [0.25, 0.3) is 98.4 Å². The fraction of sp³-hybridized carbons (Fsp3) is 0.299. The molecular formula is C107H114Cl3N15O10S6. The summed E-state index contributed by atoms with van der Waals surface area (Å²) in [5.74, 6) is 6.63. The van der Waals surface area contributed by atoms with Crippen LogP contribution in [-0.4, -0.2) is 140 Å². The second-order valence-corrected chi connectivity index (χ2v) is 41.3. The molecule has 9 aromatic carbocycles. The number of rotatable bonds is 14. The van der Waals surface area contributed by atoms with Gasteiger partial charge in [0.15, 0.2) is 0 Å². The maximum absolute atomic E-state index is 13.1. The van der Waals surface area contributed by atoms with Crippen molar-refractivity contribution < 1.29 is 48.7 Å². The van der Waals surface area contributed by atoms with Crippen molar-refractivity contribution in [3.63, 3.8) is 0 Å². The lowest BCUT2D eigenvalue weighted by Gasteiger charge is -2.14. The first kappa shape index (κ1) is 104. The van der Waals surface area contributed by atoms with Gasteiger partial charge < -0.3 is 48.0 Å². The number of methoxy groups -OCH3 is 2. The number of nitrogens with zero attached hydrogens (tertiary/aromatic N) is 15. The smallest absolute Gasteiger partial charge is 0.354 e. The van der Waals surface area contributed by atoms with Crippen LogP contribution < -0.4 is 9.47 Å². The largest absolute Gasteiger partial charge is 0.507 e. The molecule has 734 valence electrons. The van der Waals surface area contributed by atoms with Crippen molar-refractivity contribution in [2.45, 2.75) is 148 Å². The first-order chi connectivity index (χ1) is 66.8. The van der Waals surface area contributed by atoms with Gasteiger partial charge in [0.1, 0.15) is 34.3 Å². The Morgan fingerprint density at radius 3 is 1.44 bits per heavy atom. The molecule has 0 unspecified atom stereocenters. The van der Waals surface area contributed by atoms with Gasteiger partial charge in [-0.2, -0.15) is 30.6 Å². The van der Waals surface area contributed by atoms with E-state index in [9.17, 15) is 29.7 Å². The summed E-state index contributed by atoms with van der Waals surface area (Å²) < 4.78 is 40.5. The topological polar surface area (TPSA) is 271 Å². The van der Waals surface area contributed by atoms with Gasteiger partial charge in [-0.15, -0.1) is 70.6 Å². The molecule has 18 aromatic rings. The Balaban J connectivity index is 0.000000158. The Morgan fingerprint density at radius 2 is 0.915 bits per heavy atom. The normalized spacial score (nSPS) is 13.1. The number of halogens is 3. The molecule has 0 saturated carbocycles. The Bertz CT molecular complexity index is 7730. The molecule has 141 heavy (non-hydrogen) atoms. The maximum Gasteiger partial charge on any atom is 0.354 e. The van der Waals surface area contributed by atoms with Crippen LogP contribution in [0.2, 0.25) is 15.1 Å². The number of benzene rings is 9. The van der Waals surface area contributed by atoms with Crippen molar-refractivity contribution in [2.75, 3.05) is 34.0 Å². The molecule has 0 radical (unpaired) electrons. The molecule has 0 amide bonds. The van der Waals surface area contributed by atoms with Gasteiger partial charge in [-0.05, 0) is 165 Å². The highest BCUT2D eigenvalue weighted by molar-refractivity contribution is 7.99. The van der Waals surface area contributed by atoms with Crippen LogP contribution in [-0.2, 0) is 123 Å². The lowest BCUT2D eigenvalue weighted by molar-refractivity contribution is 0.0579. The van der Waals surface area contributed by atoms with E-state index >= 15 is 0 Å². The molecule has 0 fully saturated rings. The highest BCUT2D eigenvalue weighted by atomic mass is 35.5. The summed E-state index contributed by atoms with van der Waals surface area (Å²) in [4.78, 5) is 41.6. The van der Waals surface area contributed by atoms with Crippen LogP contribution in [0.5, 0.6) is 17.2 Å². The SMILES string of the molecule is C.C.C.COC(=O)c1cc2c(-c3c(CSCc4cc(CSc5cc(O)c6ccccc6c5)n(C)n4)nn(C)c3C)c(Cl)ccc2n1CCCO.COC(=O)c1cc2c3c(Cl)ccc2n1CCCOc1cc(cc2ccccc12)SCc1cc(nn1C)CSCc1nn(C)c(C)c1-3.Cc1c2c(nn1C)CSCc1cc(n(C)n1)CSc1cc(c3ccccc3c1)OCCCn1c(C(=O)O)cc3c-2c(Cl)ccc31. The molecule has 0 saturated heterocycles. The van der Waals surface area contributed by atoms with Gasteiger partial charge in [0.2, 0.25) is 0 Å². The molecule has 3 N–H and O–H groups in total. The lowest BCUT2D eigenvalue weighted by atomic mass is 9.99. The number of fused-ring (bicyclic) bond motifs is 18. The number of carboxylic acid groups (broad SMARTS) is 1. The molecule has 16 bridgehead atoms. The Morgan fingerprint density at radius 1 is 0.454 bits per heavy atom. The number of carboxylic acids is 1. The lowest BCUT2D eigenvalue weighted by Crippen LogP contribution is -2.12. The van der Waals surface area contributed by atoms with E-state index in [2.05, 4.69) is 85.8 Å². The van der Waals surface area contributed by atoms with E-state index in [4.69, 9.17) is 84.3 Å². The molecule has 11 heterocycles. The van der Waals surface area contributed by atoms with Crippen LogP contribution in [0.3, 0.4) is 0 Å². The number of aliphatic hydroxyl groups excluding tert-OH is 1. The fourth-order valence-corrected chi connectivity index (χ4v) is 24.6. The van der Waals surface area contributed by atoms with Crippen molar-refractivity contribution in [3.8, 4) is 50.6 Å². The molecule has 0 aliphatic carbocycles. The Kier molecular flexibility index (Phi) is 33.3. The van der Waals surface area contributed by atoms with Crippen LogP contribution in [0.1, 0.15) is 141 Å². The quantitative estimate of drug-likeness (QED) is 0.0674. The number of aromatic hydroxyl groups is 1. The molecule has 25 nitrogen and oxygen atoms in total. The van der Waals surface area contributed by atoms with Crippen LogP contribution >= 0.6 is 105 Å². The van der Waals surface area contributed by atoms with E-state index in [0.29, 0.717) is 102 Å². The van der Waals surface area contributed by atoms with Gasteiger partial charge in [-0.25, -0.2) is 14.4 Å². The summed E-state index contributed by atoms with van der Waals surface area (Å²) in [5, 5.41) is 69.8. The number of hydrogen-bond acceptors (Lipinski definition) is 21. The summed E-state index contributed by atoms with van der Waals surface area (Å²) >= 11 is 31.3. The third-order valence-corrected chi connectivity index (χ3v) is 32.2. The molecule has 9 aromatic heterocycles. The van der Waals surface area contributed by atoms with Crippen LogP contribution in [0, 0.1) is 20.8 Å². The van der Waals surface area contributed by atoms with E-state index < -0.39 is 17.9 Å². The van der Waals surface area contributed by atoms with E-state index in [-0.39, 0.29) is 40.3 Å². The van der Waals surface area contributed by atoms with Gasteiger partial charge in [0.05, 0.1) is 61.6 Å². The fourth-order valence-electron chi connectivity index (χ4n) is 18.3. The summed E-state index contributed by atoms with van der Waals surface area (Å²) in [6.07, 6.45) is 1.81. The molecule has 0 atom stereocenters. The summed E-state index contributed by atoms with van der Waals surface area (Å²) in [6, 6.07) is 60.4. The first-order valence-electron chi connectivity index (χ1n) is 45.0. The summed E-state index contributed by atoms with van der Waals surface area (Å²) in [6.45, 7) is 8.55. The van der Waals surface area contributed by atoms with Crippen molar-refractivity contribution >= 4 is 188 Å². The number of aliphatic hydroxyl groups is 1. The zero-order valence-electron chi connectivity index (χ0n) is 78.0. The summed E-state index contributed by atoms with van der Waals surface area (Å²) in [5.41, 5.74) is 21.3. The minimum atomic E-state index is -0.979. The zero-order valence-corrected chi connectivity index (χ0v) is 85.2. The maximum atomic E-state index is 13.1. The van der Waals surface area contributed by atoms with E-state index in [0.717, 1.165) is 216 Å². The van der Waals surface area contributed by atoms with Crippen LogP contribution in [0.4, 0.5) is 0 Å². The number of aromatic carboxylic acids is 1. The predicted octanol–water partition coefficient (Wildman–Crippen LogP) is 25.7. The first-order valence-corrected chi connectivity index (χ1v) is 52.6. The predicted molar refractivity (Wildman–Crippen MR) is 580 cm³/mol. The molecule has 34 heteroatoms. The zero-order chi connectivity index (χ0) is 96.4. The number of carbonyl (C=O) groups is 3. The number of esters is 2. The summed E-state index contributed by atoms with van der Waals surface area (Å²) in [7, 11) is 14.6. The molecular weight excluding hydrogens is 1950 g/mol. The molecule has 0 spiro atoms. The monoisotopic (exact) mass is 2070 g/mol. The number of ether oxygens (including phenoxy) is 4.